The maximum absolute atomic E-state index is 12.0. The van der Waals surface area contributed by atoms with Crippen LogP contribution in [0.3, 0.4) is 0 Å². The van der Waals surface area contributed by atoms with Gasteiger partial charge in [0.2, 0.25) is 0 Å². The van der Waals surface area contributed by atoms with Crippen molar-refractivity contribution < 1.29 is 9.53 Å². The number of pyridine rings is 1. The van der Waals surface area contributed by atoms with Crippen LogP contribution in [0.2, 0.25) is 5.02 Å². The average Bonchev–Trinajstić information content (AvgIpc) is 2.61. The van der Waals surface area contributed by atoms with E-state index in [0.29, 0.717) is 33.7 Å². The summed E-state index contributed by atoms with van der Waals surface area (Å²) in [5.74, 6) is 1.63. The molecule has 1 aromatic heterocycles. The van der Waals surface area contributed by atoms with Crippen LogP contribution in [0.15, 0.2) is 66.9 Å². The summed E-state index contributed by atoms with van der Waals surface area (Å²) in [4.78, 5) is 15.9. The number of carbonyl (C=O) groups excluding carboxylic acids is 1. The fraction of sp³-hybridized carbons (Fsp3) is 0. The second kappa shape index (κ2) is 7.55. The van der Waals surface area contributed by atoms with E-state index in [9.17, 15) is 4.79 Å². The molecule has 126 valence electrons. The zero-order valence-corrected chi connectivity index (χ0v) is 13.8. The lowest BCUT2D eigenvalue weighted by molar-refractivity contribution is 0.262. The number of rotatable bonds is 4. The molecule has 3 rings (SSSR count). The number of benzene rings is 2. The molecule has 0 fully saturated rings. The molecule has 0 aliphatic heterocycles. The number of hydrogen-bond donors (Lipinski definition) is 3. The molecule has 0 atom stereocenters. The Hall–Kier alpha value is -3.25. The predicted molar refractivity (Wildman–Crippen MR) is 99.3 cm³/mol. The summed E-state index contributed by atoms with van der Waals surface area (Å²) >= 11 is 5.81. The number of ether oxygens (including phenoxy) is 1. The van der Waals surface area contributed by atoms with Gasteiger partial charge in [0.05, 0.1) is 6.20 Å². The number of nitrogens with two attached hydrogens (primary N) is 1. The first-order valence-corrected chi connectivity index (χ1v) is 7.79. The minimum atomic E-state index is -0.348. The summed E-state index contributed by atoms with van der Waals surface area (Å²) in [7, 11) is 0. The number of carbonyl (C=O) groups is 1. The molecule has 2 amide bonds. The number of nitrogens with one attached hydrogen (secondary N) is 2. The molecule has 0 aliphatic carbocycles. The van der Waals surface area contributed by atoms with E-state index in [1.165, 1.54) is 0 Å². The third kappa shape index (κ3) is 4.86. The highest BCUT2D eigenvalue weighted by molar-refractivity contribution is 6.30. The third-order valence-corrected chi connectivity index (χ3v) is 3.46. The highest BCUT2D eigenvalue weighted by atomic mass is 35.5. The molecule has 4 N–H and O–H groups in total. The summed E-state index contributed by atoms with van der Waals surface area (Å²) in [5, 5.41) is 6.06. The zero-order valence-electron chi connectivity index (χ0n) is 13.1. The van der Waals surface area contributed by atoms with Crippen LogP contribution in [0, 0.1) is 0 Å². The van der Waals surface area contributed by atoms with Gasteiger partial charge < -0.3 is 21.1 Å². The van der Waals surface area contributed by atoms with Gasteiger partial charge in [-0.1, -0.05) is 11.6 Å². The zero-order chi connectivity index (χ0) is 17.6. The van der Waals surface area contributed by atoms with E-state index < -0.39 is 0 Å². The maximum atomic E-state index is 12.0. The Bertz CT molecular complexity index is 850. The van der Waals surface area contributed by atoms with E-state index in [4.69, 9.17) is 22.1 Å². The van der Waals surface area contributed by atoms with Gasteiger partial charge in [0.25, 0.3) is 0 Å². The van der Waals surface area contributed by atoms with Crippen molar-refractivity contribution in [2.24, 2.45) is 0 Å². The minimum Gasteiger partial charge on any atom is -0.456 e. The number of nitrogens with zero attached hydrogens (tertiary/aromatic N) is 1. The molecule has 0 saturated heterocycles. The van der Waals surface area contributed by atoms with E-state index in [2.05, 4.69) is 15.6 Å². The highest BCUT2D eigenvalue weighted by Gasteiger charge is 2.04. The van der Waals surface area contributed by atoms with Crippen LogP contribution in [0.1, 0.15) is 0 Å². The Morgan fingerprint density at radius 2 is 1.44 bits per heavy atom. The first kappa shape index (κ1) is 16.6. The first-order valence-electron chi connectivity index (χ1n) is 7.41. The van der Waals surface area contributed by atoms with Gasteiger partial charge >= 0.3 is 6.03 Å². The van der Waals surface area contributed by atoms with Crippen LogP contribution >= 0.6 is 11.6 Å². The summed E-state index contributed by atoms with van der Waals surface area (Å²) in [6.07, 6.45) is 1.54. The quantitative estimate of drug-likeness (QED) is 0.630. The lowest BCUT2D eigenvalue weighted by Crippen LogP contribution is -2.19. The van der Waals surface area contributed by atoms with Gasteiger partial charge in [0.15, 0.2) is 0 Å². The SMILES string of the molecule is Nc1ccc(Oc2ccc(NC(=O)Nc3ccc(Cl)cc3)cc2)cn1. The molecule has 7 heteroatoms. The number of amides is 2. The van der Waals surface area contributed by atoms with Crippen LogP contribution in [0.5, 0.6) is 11.5 Å². The van der Waals surface area contributed by atoms with Crippen molar-refractivity contribution in [1.82, 2.24) is 4.98 Å². The Balaban J connectivity index is 1.57. The van der Waals surface area contributed by atoms with Crippen LogP contribution in [-0.2, 0) is 0 Å². The van der Waals surface area contributed by atoms with Gasteiger partial charge in [0.1, 0.15) is 17.3 Å². The van der Waals surface area contributed by atoms with E-state index in [1.54, 1.807) is 66.9 Å². The van der Waals surface area contributed by atoms with Crippen LogP contribution in [-0.4, -0.2) is 11.0 Å². The van der Waals surface area contributed by atoms with Crippen molar-refractivity contribution >= 4 is 34.8 Å². The lowest BCUT2D eigenvalue weighted by Gasteiger charge is -2.09. The molecule has 0 aliphatic rings. The van der Waals surface area contributed by atoms with Crippen LogP contribution in [0.4, 0.5) is 22.0 Å². The number of halogens is 1. The molecular weight excluding hydrogens is 340 g/mol. The molecule has 1 heterocycles. The number of nitrogen functional groups attached to an aromatic ring is 1. The van der Waals surface area contributed by atoms with Gasteiger partial charge in [0, 0.05) is 16.4 Å². The summed E-state index contributed by atoms with van der Waals surface area (Å²) in [5.41, 5.74) is 6.81. The molecule has 0 bridgehead atoms. The van der Waals surface area contributed by atoms with Gasteiger partial charge in [-0.2, -0.15) is 0 Å². The summed E-state index contributed by atoms with van der Waals surface area (Å²) < 4.78 is 5.64. The molecule has 0 saturated carbocycles. The Labute approximate surface area is 149 Å². The van der Waals surface area contributed by atoms with E-state index in [0.717, 1.165) is 0 Å². The molecule has 6 nitrogen and oxygen atoms in total. The molecule has 0 unspecified atom stereocenters. The number of urea groups is 1. The van der Waals surface area contributed by atoms with E-state index >= 15 is 0 Å². The van der Waals surface area contributed by atoms with E-state index in [1.807, 2.05) is 0 Å². The lowest BCUT2D eigenvalue weighted by atomic mass is 10.3. The molecule has 3 aromatic rings. The highest BCUT2D eigenvalue weighted by Crippen LogP contribution is 2.23. The van der Waals surface area contributed by atoms with Gasteiger partial charge in [-0.05, 0) is 60.7 Å². The van der Waals surface area contributed by atoms with Crippen molar-refractivity contribution in [1.29, 1.82) is 0 Å². The van der Waals surface area contributed by atoms with Crippen LogP contribution < -0.4 is 21.1 Å². The molecule has 25 heavy (non-hydrogen) atoms. The Kier molecular flexibility index (Phi) is 5.01. The Morgan fingerprint density at radius 3 is 2.00 bits per heavy atom. The van der Waals surface area contributed by atoms with Crippen molar-refractivity contribution in [3.05, 3.63) is 71.9 Å². The van der Waals surface area contributed by atoms with Gasteiger partial charge in [-0.25, -0.2) is 9.78 Å². The molecule has 0 radical (unpaired) electrons. The summed E-state index contributed by atoms with van der Waals surface area (Å²) in [6.45, 7) is 0. The molecule has 2 aromatic carbocycles. The maximum Gasteiger partial charge on any atom is 0.323 e. The Morgan fingerprint density at radius 1 is 0.880 bits per heavy atom. The first-order chi connectivity index (χ1) is 12.1. The topological polar surface area (TPSA) is 89.3 Å². The van der Waals surface area contributed by atoms with Crippen molar-refractivity contribution in [2.75, 3.05) is 16.4 Å². The van der Waals surface area contributed by atoms with Crippen molar-refractivity contribution in [2.45, 2.75) is 0 Å². The molecular formula is C18H15ClN4O2. The standard InChI is InChI=1S/C18H15ClN4O2/c19-12-1-3-13(4-2-12)22-18(24)23-14-5-7-15(8-6-14)25-16-9-10-17(20)21-11-16/h1-11H,(H2,20,21)(H2,22,23,24). The van der Waals surface area contributed by atoms with E-state index in [-0.39, 0.29) is 6.03 Å². The fourth-order valence-corrected chi connectivity index (χ4v) is 2.15. The smallest absolute Gasteiger partial charge is 0.323 e. The van der Waals surface area contributed by atoms with Gasteiger partial charge in [-0.15, -0.1) is 0 Å². The third-order valence-electron chi connectivity index (χ3n) is 3.21. The van der Waals surface area contributed by atoms with Gasteiger partial charge in [-0.3, -0.25) is 0 Å². The largest absolute Gasteiger partial charge is 0.456 e. The second-order valence-corrected chi connectivity index (χ2v) is 5.57. The minimum absolute atomic E-state index is 0.348. The molecule has 0 spiro atoms. The van der Waals surface area contributed by atoms with Crippen LogP contribution in [0.25, 0.3) is 0 Å². The van der Waals surface area contributed by atoms with Crippen molar-refractivity contribution in [3.63, 3.8) is 0 Å². The second-order valence-electron chi connectivity index (χ2n) is 5.13. The predicted octanol–water partition coefficient (Wildman–Crippen LogP) is 4.75. The summed E-state index contributed by atoms with van der Waals surface area (Å²) in [6, 6.07) is 16.9. The average molecular weight is 355 g/mol. The number of anilines is 3. The monoisotopic (exact) mass is 354 g/mol. The number of hydrogen-bond acceptors (Lipinski definition) is 4. The van der Waals surface area contributed by atoms with Crippen molar-refractivity contribution in [3.8, 4) is 11.5 Å². The number of aromatic nitrogens is 1. The normalized spacial score (nSPS) is 10.1. The fourth-order valence-electron chi connectivity index (χ4n) is 2.02.